The molecule has 1 aromatic carbocycles. The van der Waals surface area contributed by atoms with E-state index in [2.05, 4.69) is 4.72 Å². The molecule has 5 nitrogen and oxygen atoms in total. The molecule has 0 fully saturated rings. The van der Waals surface area contributed by atoms with E-state index in [1.807, 2.05) is 24.3 Å². The van der Waals surface area contributed by atoms with Crippen molar-refractivity contribution in [3.8, 4) is 0 Å². The fourth-order valence-corrected chi connectivity index (χ4v) is 4.37. The average molecular weight is 311 g/mol. The molecule has 116 valence electrons. The van der Waals surface area contributed by atoms with Crippen molar-refractivity contribution in [3.05, 3.63) is 35.4 Å². The van der Waals surface area contributed by atoms with Gasteiger partial charge in [0, 0.05) is 0 Å². The minimum atomic E-state index is -3.69. The van der Waals surface area contributed by atoms with Crippen LogP contribution in [0.1, 0.15) is 31.9 Å². The molecule has 0 bridgehead atoms. The molecule has 21 heavy (non-hydrogen) atoms. The van der Waals surface area contributed by atoms with Crippen molar-refractivity contribution in [3.63, 3.8) is 0 Å². The molecule has 0 saturated carbocycles. The summed E-state index contributed by atoms with van der Waals surface area (Å²) in [5, 5.41) is 8.66. The second-order valence-electron chi connectivity index (χ2n) is 6.60. The predicted molar refractivity (Wildman–Crippen MR) is 80.6 cm³/mol. The number of carbonyl (C=O) groups is 1. The molecule has 0 heterocycles. The average Bonchev–Trinajstić information content (AvgIpc) is 2.79. The minimum Gasteiger partial charge on any atom is -0.480 e. The van der Waals surface area contributed by atoms with Gasteiger partial charge in [-0.1, -0.05) is 45.0 Å². The zero-order chi connectivity index (χ0) is 15.8. The van der Waals surface area contributed by atoms with E-state index in [1.54, 1.807) is 20.8 Å². The van der Waals surface area contributed by atoms with E-state index in [4.69, 9.17) is 0 Å². The summed E-state index contributed by atoms with van der Waals surface area (Å²) in [7, 11) is -3.69. The highest BCUT2D eigenvalue weighted by molar-refractivity contribution is 7.90. The summed E-state index contributed by atoms with van der Waals surface area (Å²) in [5.41, 5.74) is 1.36. The van der Waals surface area contributed by atoms with Crippen molar-refractivity contribution in [2.75, 3.05) is 0 Å². The van der Waals surface area contributed by atoms with Gasteiger partial charge in [0.25, 0.3) is 0 Å². The molecule has 0 saturated heterocycles. The van der Waals surface area contributed by atoms with Crippen LogP contribution in [0.5, 0.6) is 0 Å². The van der Waals surface area contributed by atoms with Crippen LogP contribution >= 0.6 is 0 Å². The molecule has 0 amide bonds. The predicted octanol–water partition coefficient (Wildman–Crippen LogP) is 1.57. The summed E-state index contributed by atoms with van der Waals surface area (Å²) in [4.78, 5) is 11.3. The largest absolute Gasteiger partial charge is 0.480 e. The normalized spacial score (nSPS) is 17.5. The van der Waals surface area contributed by atoms with E-state index >= 15 is 0 Å². The van der Waals surface area contributed by atoms with Crippen LogP contribution in [-0.2, 0) is 27.7 Å². The highest BCUT2D eigenvalue weighted by atomic mass is 32.2. The van der Waals surface area contributed by atoms with E-state index < -0.39 is 32.7 Å². The van der Waals surface area contributed by atoms with Crippen molar-refractivity contribution >= 4 is 16.0 Å². The van der Waals surface area contributed by atoms with Crippen LogP contribution in [0.4, 0.5) is 0 Å². The maximum atomic E-state index is 12.5. The fraction of sp³-hybridized carbons (Fsp3) is 0.533. The first-order valence-corrected chi connectivity index (χ1v) is 8.46. The van der Waals surface area contributed by atoms with E-state index in [0.717, 1.165) is 11.1 Å². The molecular formula is C15H21NO4S. The van der Waals surface area contributed by atoms with Gasteiger partial charge < -0.3 is 5.11 Å². The number of aliphatic carboxylic acids is 1. The minimum absolute atomic E-state index is 0.433. The lowest BCUT2D eigenvalue weighted by molar-refractivity contribution is -0.141. The van der Waals surface area contributed by atoms with Crippen molar-refractivity contribution < 1.29 is 18.3 Å². The van der Waals surface area contributed by atoms with Gasteiger partial charge in [0.1, 0.15) is 6.04 Å². The monoisotopic (exact) mass is 311 g/mol. The molecule has 1 aliphatic carbocycles. The Morgan fingerprint density at radius 3 is 2.10 bits per heavy atom. The number of rotatable bonds is 4. The Labute approximate surface area is 125 Å². The molecule has 2 N–H and O–H groups in total. The van der Waals surface area contributed by atoms with Crippen LogP contribution in [0.15, 0.2) is 24.3 Å². The number of benzene rings is 1. The van der Waals surface area contributed by atoms with E-state index in [1.165, 1.54) is 0 Å². The molecule has 0 spiro atoms. The van der Waals surface area contributed by atoms with E-state index in [-0.39, 0.29) is 0 Å². The van der Waals surface area contributed by atoms with Gasteiger partial charge in [0.2, 0.25) is 10.0 Å². The standard InChI is InChI=1S/C15H21NO4S/c1-15(2,3)13(14(17)18)16-21(19,20)12-8-10-6-4-5-7-11(10)9-12/h4-7,12-13,16H,8-9H2,1-3H3,(H,17,18)/t13-/m1/s1. The first-order chi connectivity index (χ1) is 9.61. The van der Waals surface area contributed by atoms with Gasteiger partial charge in [-0.05, 0) is 29.4 Å². The lowest BCUT2D eigenvalue weighted by Crippen LogP contribution is -2.51. The van der Waals surface area contributed by atoms with Crippen LogP contribution < -0.4 is 4.72 Å². The maximum Gasteiger partial charge on any atom is 0.322 e. The number of hydrogen-bond donors (Lipinski definition) is 2. The molecule has 0 aliphatic heterocycles. The van der Waals surface area contributed by atoms with Crippen molar-refractivity contribution in [2.24, 2.45) is 5.41 Å². The molecule has 1 atom stereocenters. The smallest absolute Gasteiger partial charge is 0.322 e. The third kappa shape index (κ3) is 3.44. The first-order valence-electron chi connectivity index (χ1n) is 6.92. The molecule has 1 aliphatic rings. The number of carboxylic acid groups (broad SMARTS) is 1. The molecule has 0 radical (unpaired) electrons. The zero-order valence-electron chi connectivity index (χ0n) is 12.5. The number of nitrogens with one attached hydrogen (secondary N) is 1. The molecular weight excluding hydrogens is 290 g/mol. The van der Waals surface area contributed by atoms with Gasteiger partial charge in [-0.25, -0.2) is 13.1 Å². The number of hydrogen-bond acceptors (Lipinski definition) is 3. The van der Waals surface area contributed by atoms with Gasteiger partial charge in [0.15, 0.2) is 0 Å². The Kier molecular flexibility index (Phi) is 4.13. The lowest BCUT2D eigenvalue weighted by atomic mass is 9.88. The van der Waals surface area contributed by atoms with Gasteiger partial charge in [-0.15, -0.1) is 0 Å². The number of carboxylic acids is 1. The third-order valence-corrected chi connectivity index (χ3v) is 5.62. The Bertz CT molecular complexity index is 621. The Hall–Kier alpha value is -1.40. The summed E-state index contributed by atoms with van der Waals surface area (Å²) >= 11 is 0. The van der Waals surface area contributed by atoms with Gasteiger partial charge in [-0.2, -0.15) is 0 Å². The third-order valence-electron chi connectivity index (χ3n) is 3.85. The van der Waals surface area contributed by atoms with Crippen LogP contribution in [-0.4, -0.2) is 30.8 Å². The Morgan fingerprint density at radius 2 is 1.71 bits per heavy atom. The second kappa shape index (κ2) is 5.42. The van der Waals surface area contributed by atoms with Crippen molar-refractivity contribution in [1.29, 1.82) is 0 Å². The SMILES string of the molecule is CC(C)(C)[C@H](NS(=O)(=O)C1Cc2ccccc2C1)C(=O)O. The highest BCUT2D eigenvalue weighted by Crippen LogP contribution is 2.27. The molecule has 0 aromatic heterocycles. The van der Waals surface area contributed by atoms with Crippen LogP contribution in [0.3, 0.4) is 0 Å². The fourth-order valence-electron chi connectivity index (χ4n) is 2.60. The number of fused-ring (bicyclic) bond motifs is 1. The summed E-state index contributed by atoms with van der Waals surface area (Å²) in [6.45, 7) is 5.12. The molecule has 1 aromatic rings. The van der Waals surface area contributed by atoms with Gasteiger partial charge in [0.05, 0.1) is 5.25 Å². The summed E-state index contributed by atoms with van der Waals surface area (Å²) < 4.78 is 27.4. The summed E-state index contributed by atoms with van der Waals surface area (Å²) in [5.74, 6) is -1.15. The first kappa shape index (κ1) is 16.0. The molecule has 0 unspecified atom stereocenters. The van der Waals surface area contributed by atoms with E-state index in [9.17, 15) is 18.3 Å². The van der Waals surface area contributed by atoms with Crippen LogP contribution in [0, 0.1) is 5.41 Å². The van der Waals surface area contributed by atoms with E-state index in [0.29, 0.717) is 12.8 Å². The maximum absolute atomic E-state index is 12.5. The zero-order valence-corrected chi connectivity index (χ0v) is 13.3. The van der Waals surface area contributed by atoms with Gasteiger partial charge >= 0.3 is 5.97 Å². The lowest BCUT2D eigenvalue weighted by Gasteiger charge is -2.28. The Morgan fingerprint density at radius 1 is 1.24 bits per heavy atom. The van der Waals surface area contributed by atoms with Crippen LogP contribution in [0.25, 0.3) is 0 Å². The molecule has 6 heteroatoms. The quantitative estimate of drug-likeness (QED) is 0.884. The Balaban J connectivity index is 2.19. The van der Waals surface area contributed by atoms with Crippen molar-refractivity contribution in [2.45, 2.75) is 44.9 Å². The summed E-state index contributed by atoms with van der Waals surface area (Å²) in [6.07, 6.45) is 0.865. The topological polar surface area (TPSA) is 83.5 Å². The number of sulfonamides is 1. The molecule has 2 rings (SSSR count). The van der Waals surface area contributed by atoms with Gasteiger partial charge in [-0.3, -0.25) is 4.79 Å². The van der Waals surface area contributed by atoms with Crippen molar-refractivity contribution in [1.82, 2.24) is 4.72 Å². The summed E-state index contributed by atoms with van der Waals surface area (Å²) in [6, 6.07) is 6.48. The second-order valence-corrected chi connectivity index (χ2v) is 8.59. The van der Waals surface area contributed by atoms with Crippen LogP contribution in [0.2, 0.25) is 0 Å². The highest BCUT2D eigenvalue weighted by Gasteiger charge is 2.39.